The molecule has 0 amide bonds. The normalized spacial score (nSPS) is 10.8. The Bertz CT molecular complexity index is 606. The molecule has 0 saturated heterocycles. The van der Waals surface area contributed by atoms with Crippen molar-refractivity contribution in [2.75, 3.05) is 23.3 Å². The molecule has 3 nitrogen and oxygen atoms in total. The molecule has 0 radical (unpaired) electrons. The summed E-state index contributed by atoms with van der Waals surface area (Å²) in [6.07, 6.45) is 0. The van der Waals surface area contributed by atoms with Crippen LogP contribution in [0.25, 0.3) is 11.0 Å². The second kappa shape index (κ2) is 5.57. The lowest BCUT2D eigenvalue weighted by molar-refractivity contribution is 0.560. The van der Waals surface area contributed by atoms with Crippen LogP contribution in [0.4, 0.5) is 5.69 Å². The van der Waals surface area contributed by atoms with Crippen molar-refractivity contribution in [3.63, 3.8) is 0 Å². The molecule has 0 aliphatic carbocycles. The molecule has 0 aliphatic rings. The minimum Gasteiger partial charge on any atom is -0.423 e. The largest absolute Gasteiger partial charge is 0.423 e. The van der Waals surface area contributed by atoms with Crippen molar-refractivity contribution in [1.29, 1.82) is 0 Å². The van der Waals surface area contributed by atoms with Crippen LogP contribution in [0.2, 0.25) is 0 Å². The summed E-state index contributed by atoms with van der Waals surface area (Å²) >= 11 is 3.45. The van der Waals surface area contributed by atoms with E-state index >= 15 is 0 Å². The summed E-state index contributed by atoms with van der Waals surface area (Å²) in [6.45, 7) is 5.89. The molecule has 0 bridgehead atoms. The highest BCUT2D eigenvalue weighted by atomic mass is 79.9. The Morgan fingerprint density at radius 1 is 1.33 bits per heavy atom. The number of benzene rings is 1. The fraction of sp³-hybridized carbons (Fsp3) is 0.357. The van der Waals surface area contributed by atoms with E-state index in [9.17, 15) is 4.79 Å². The monoisotopic (exact) mass is 309 g/mol. The SMILES string of the molecule is CCN(CCBr)c1ccc2c(C)cc(=O)oc2c1. The second-order valence-corrected chi connectivity index (χ2v) is 4.99. The predicted octanol–water partition coefficient (Wildman–Crippen LogP) is 3.32. The van der Waals surface area contributed by atoms with Crippen LogP contribution in [0.1, 0.15) is 12.5 Å². The van der Waals surface area contributed by atoms with Gasteiger partial charge in [0.2, 0.25) is 0 Å². The standard InChI is InChI=1S/C14H16BrNO2/c1-3-16(7-6-15)11-4-5-12-10(2)8-14(17)18-13(12)9-11/h4-5,8-9H,3,6-7H2,1-2H3. The number of hydrogen-bond donors (Lipinski definition) is 0. The van der Waals surface area contributed by atoms with Crippen LogP contribution in [0.5, 0.6) is 0 Å². The first-order chi connectivity index (χ1) is 8.65. The second-order valence-electron chi connectivity index (χ2n) is 4.20. The molecule has 0 aliphatic heterocycles. The Balaban J connectivity index is 2.52. The Morgan fingerprint density at radius 2 is 2.11 bits per heavy atom. The highest BCUT2D eigenvalue weighted by molar-refractivity contribution is 9.09. The van der Waals surface area contributed by atoms with Gasteiger partial charge < -0.3 is 9.32 Å². The van der Waals surface area contributed by atoms with Gasteiger partial charge in [-0.05, 0) is 31.5 Å². The molecule has 1 aromatic carbocycles. The van der Waals surface area contributed by atoms with E-state index in [1.54, 1.807) is 0 Å². The van der Waals surface area contributed by atoms with Crippen molar-refractivity contribution in [3.05, 3.63) is 40.2 Å². The summed E-state index contributed by atoms with van der Waals surface area (Å²) in [6, 6.07) is 7.55. The number of rotatable bonds is 4. The zero-order chi connectivity index (χ0) is 13.1. The molecule has 2 aromatic rings. The molecule has 18 heavy (non-hydrogen) atoms. The van der Waals surface area contributed by atoms with Crippen LogP contribution in [-0.2, 0) is 0 Å². The van der Waals surface area contributed by atoms with Crippen LogP contribution in [-0.4, -0.2) is 18.4 Å². The van der Waals surface area contributed by atoms with E-state index in [0.29, 0.717) is 5.58 Å². The van der Waals surface area contributed by atoms with Crippen LogP contribution < -0.4 is 10.5 Å². The first-order valence-corrected chi connectivity index (χ1v) is 7.13. The van der Waals surface area contributed by atoms with Gasteiger partial charge >= 0.3 is 5.63 Å². The highest BCUT2D eigenvalue weighted by Gasteiger charge is 2.07. The summed E-state index contributed by atoms with van der Waals surface area (Å²) in [5.74, 6) is 0. The number of hydrogen-bond acceptors (Lipinski definition) is 3. The fourth-order valence-electron chi connectivity index (χ4n) is 2.08. The quantitative estimate of drug-likeness (QED) is 0.641. The van der Waals surface area contributed by atoms with Crippen LogP contribution in [0.3, 0.4) is 0 Å². The number of fused-ring (bicyclic) bond motifs is 1. The van der Waals surface area contributed by atoms with Gasteiger partial charge in [0, 0.05) is 41.6 Å². The Morgan fingerprint density at radius 3 is 2.78 bits per heavy atom. The van der Waals surface area contributed by atoms with E-state index in [2.05, 4.69) is 33.8 Å². The van der Waals surface area contributed by atoms with Crippen molar-refractivity contribution >= 4 is 32.6 Å². The van der Waals surface area contributed by atoms with Crippen LogP contribution in [0.15, 0.2) is 33.5 Å². The number of halogens is 1. The van der Waals surface area contributed by atoms with Gasteiger partial charge in [-0.2, -0.15) is 0 Å². The van der Waals surface area contributed by atoms with Gasteiger partial charge in [0.1, 0.15) is 5.58 Å². The molecular formula is C14H16BrNO2. The van der Waals surface area contributed by atoms with Crippen molar-refractivity contribution in [2.24, 2.45) is 0 Å². The third-order valence-corrected chi connectivity index (χ3v) is 3.39. The Kier molecular flexibility index (Phi) is 4.07. The summed E-state index contributed by atoms with van der Waals surface area (Å²) < 4.78 is 5.26. The third-order valence-electron chi connectivity index (χ3n) is 3.04. The maximum atomic E-state index is 11.4. The molecule has 1 heterocycles. The van der Waals surface area contributed by atoms with Gasteiger partial charge in [-0.15, -0.1) is 0 Å². The average Bonchev–Trinajstić information content (AvgIpc) is 2.35. The molecule has 0 unspecified atom stereocenters. The smallest absolute Gasteiger partial charge is 0.336 e. The Hall–Kier alpha value is -1.29. The van der Waals surface area contributed by atoms with E-state index in [-0.39, 0.29) is 5.63 Å². The van der Waals surface area contributed by atoms with Crippen LogP contribution >= 0.6 is 15.9 Å². The van der Waals surface area contributed by atoms with Gasteiger partial charge in [-0.25, -0.2) is 4.79 Å². The summed E-state index contributed by atoms with van der Waals surface area (Å²) in [5.41, 5.74) is 2.40. The molecule has 0 N–H and O–H groups in total. The van der Waals surface area contributed by atoms with E-state index in [1.165, 1.54) is 6.07 Å². The lowest BCUT2D eigenvalue weighted by atomic mass is 10.1. The maximum absolute atomic E-state index is 11.4. The maximum Gasteiger partial charge on any atom is 0.336 e. The minimum atomic E-state index is -0.291. The first-order valence-electron chi connectivity index (χ1n) is 6.01. The average molecular weight is 310 g/mol. The molecule has 0 saturated carbocycles. The molecular weight excluding hydrogens is 294 g/mol. The minimum absolute atomic E-state index is 0.291. The molecule has 96 valence electrons. The number of aryl methyl sites for hydroxylation is 1. The van der Waals surface area contributed by atoms with Gasteiger partial charge in [0.15, 0.2) is 0 Å². The summed E-state index contributed by atoms with van der Waals surface area (Å²) in [4.78, 5) is 13.6. The van der Waals surface area contributed by atoms with Gasteiger partial charge in [-0.1, -0.05) is 15.9 Å². The fourth-order valence-corrected chi connectivity index (χ4v) is 2.51. The predicted molar refractivity (Wildman–Crippen MR) is 78.9 cm³/mol. The molecule has 1 aromatic heterocycles. The molecule has 0 spiro atoms. The molecule has 2 rings (SSSR count). The van der Waals surface area contributed by atoms with Gasteiger partial charge in [0.25, 0.3) is 0 Å². The lowest BCUT2D eigenvalue weighted by Gasteiger charge is -2.22. The van der Waals surface area contributed by atoms with Gasteiger partial charge in [-0.3, -0.25) is 0 Å². The Labute approximate surface area is 115 Å². The van der Waals surface area contributed by atoms with E-state index in [4.69, 9.17) is 4.42 Å². The van der Waals surface area contributed by atoms with Crippen molar-refractivity contribution in [1.82, 2.24) is 0 Å². The third kappa shape index (κ3) is 2.58. The van der Waals surface area contributed by atoms with Crippen molar-refractivity contribution in [2.45, 2.75) is 13.8 Å². The highest BCUT2D eigenvalue weighted by Crippen LogP contribution is 2.23. The topological polar surface area (TPSA) is 33.5 Å². The van der Waals surface area contributed by atoms with E-state index in [1.807, 2.05) is 19.1 Å². The molecule has 0 fully saturated rings. The summed E-state index contributed by atoms with van der Waals surface area (Å²) in [7, 11) is 0. The zero-order valence-corrected chi connectivity index (χ0v) is 12.2. The number of alkyl halides is 1. The van der Waals surface area contributed by atoms with E-state index in [0.717, 1.165) is 35.1 Å². The van der Waals surface area contributed by atoms with Gasteiger partial charge in [0.05, 0.1) is 0 Å². The van der Waals surface area contributed by atoms with E-state index < -0.39 is 0 Å². The summed E-state index contributed by atoms with van der Waals surface area (Å²) in [5, 5.41) is 1.91. The number of nitrogens with zero attached hydrogens (tertiary/aromatic N) is 1. The first kappa shape index (κ1) is 13.1. The molecule has 4 heteroatoms. The van der Waals surface area contributed by atoms with Crippen LogP contribution in [0, 0.1) is 6.92 Å². The lowest BCUT2D eigenvalue weighted by Crippen LogP contribution is -2.24. The zero-order valence-electron chi connectivity index (χ0n) is 10.6. The van der Waals surface area contributed by atoms with Crippen molar-refractivity contribution < 1.29 is 4.42 Å². The molecule has 0 atom stereocenters. The van der Waals surface area contributed by atoms with Crippen molar-refractivity contribution in [3.8, 4) is 0 Å². The number of anilines is 1.